The predicted molar refractivity (Wildman–Crippen MR) is 91.8 cm³/mol. The van der Waals surface area contributed by atoms with Crippen molar-refractivity contribution in [2.45, 2.75) is 12.8 Å². The van der Waals surface area contributed by atoms with Crippen LogP contribution in [0.2, 0.25) is 5.02 Å². The molecular weight excluding hydrogens is 349 g/mol. The highest BCUT2D eigenvalue weighted by atomic mass is 35.5. The lowest BCUT2D eigenvalue weighted by Crippen LogP contribution is -2.29. The standard InChI is InChI=1S/C14H16ClN3O2.2ClH/c15-11-3-1-10(2-4-11)12-9-18-14(20-12)6-5-13(19)17-8-7-16;;/h1-4,9H,5-8,16H2,(H,17,19);2*1H. The van der Waals surface area contributed by atoms with Gasteiger partial charge in [-0.15, -0.1) is 24.8 Å². The summed E-state index contributed by atoms with van der Waals surface area (Å²) in [5.74, 6) is 1.15. The Kier molecular flexibility index (Phi) is 9.85. The normalized spacial score (nSPS) is 9.55. The summed E-state index contributed by atoms with van der Waals surface area (Å²) < 4.78 is 5.61. The molecule has 1 aromatic heterocycles. The van der Waals surface area contributed by atoms with E-state index in [1.165, 1.54) is 0 Å². The third-order valence-electron chi connectivity index (χ3n) is 2.71. The van der Waals surface area contributed by atoms with E-state index < -0.39 is 0 Å². The van der Waals surface area contributed by atoms with Crippen LogP contribution < -0.4 is 11.1 Å². The molecule has 0 atom stereocenters. The molecule has 8 heteroatoms. The molecule has 2 aromatic rings. The summed E-state index contributed by atoms with van der Waals surface area (Å²) in [5.41, 5.74) is 6.21. The molecule has 0 spiro atoms. The summed E-state index contributed by atoms with van der Waals surface area (Å²) in [6.45, 7) is 0.923. The van der Waals surface area contributed by atoms with Gasteiger partial charge in [-0.05, 0) is 24.3 Å². The Labute approximate surface area is 146 Å². The number of hydrogen-bond donors (Lipinski definition) is 2. The van der Waals surface area contributed by atoms with Gasteiger partial charge in [-0.1, -0.05) is 11.6 Å². The molecule has 3 N–H and O–H groups in total. The molecule has 0 unspecified atom stereocenters. The van der Waals surface area contributed by atoms with Crippen molar-refractivity contribution >= 4 is 42.3 Å². The Morgan fingerprint density at radius 1 is 1.27 bits per heavy atom. The van der Waals surface area contributed by atoms with Gasteiger partial charge in [0.05, 0.1) is 6.20 Å². The van der Waals surface area contributed by atoms with Gasteiger partial charge in [0.2, 0.25) is 5.91 Å². The van der Waals surface area contributed by atoms with Gasteiger partial charge in [0, 0.05) is 36.5 Å². The number of carbonyl (C=O) groups excluding carboxylic acids is 1. The third-order valence-corrected chi connectivity index (χ3v) is 2.97. The Bertz CT molecular complexity index is 573. The zero-order valence-electron chi connectivity index (χ0n) is 11.8. The van der Waals surface area contributed by atoms with Crippen LogP contribution in [0.4, 0.5) is 0 Å². The van der Waals surface area contributed by atoms with Crippen molar-refractivity contribution in [3.8, 4) is 11.3 Å². The van der Waals surface area contributed by atoms with E-state index in [0.717, 1.165) is 5.56 Å². The number of hydrogen-bond acceptors (Lipinski definition) is 4. The number of aromatic nitrogens is 1. The second-order valence-electron chi connectivity index (χ2n) is 4.26. The van der Waals surface area contributed by atoms with Crippen LogP contribution in [-0.2, 0) is 11.2 Å². The van der Waals surface area contributed by atoms with Gasteiger partial charge in [-0.25, -0.2) is 4.98 Å². The second-order valence-corrected chi connectivity index (χ2v) is 4.70. The van der Waals surface area contributed by atoms with Crippen LogP contribution >= 0.6 is 36.4 Å². The number of aryl methyl sites for hydroxylation is 1. The average molecular weight is 367 g/mol. The van der Waals surface area contributed by atoms with E-state index >= 15 is 0 Å². The largest absolute Gasteiger partial charge is 0.441 e. The Morgan fingerprint density at radius 3 is 2.59 bits per heavy atom. The molecule has 0 fully saturated rings. The number of carbonyl (C=O) groups is 1. The SMILES string of the molecule is Cl.Cl.NCCNC(=O)CCc1ncc(-c2ccc(Cl)cc2)o1. The van der Waals surface area contributed by atoms with Crippen LogP contribution in [0.15, 0.2) is 34.9 Å². The van der Waals surface area contributed by atoms with Crippen LogP contribution in [0.1, 0.15) is 12.3 Å². The average Bonchev–Trinajstić information content (AvgIpc) is 2.92. The summed E-state index contributed by atoms with van der Waals surface area (Å²) in [6.07, 6.45) is 2.45. The minimum absolute atomic E-state index is 0. The highest BCUT2D eigenvalue weighted by molar-refractivity contribution is 6.30. The molecule has 0 radical (unpaired) electrons. The number of nitrogens with two attached hydrogens (primary N) is 1. The number of benzene rings is 1. The zero-order valence-corrected chi connectivity index (χ0v) is 14.1. The molecule has 0 saturated carbocycles. The number of oxazole rings is 1. The molecule has 0 saturated heterocycles. The molecule has 1 amide bonds. The van der Waals surface area contributed by atoms with E-state index in [-0.39, 0.29) is 30.7 Å². The molecule has 0 bridgehead atoms. The van der Waals surface area contributed by atoms with E-state index in [4.69, 9.17) is 21.8 Å². The minimum Gasteiger partial charge on any atom is -0.441 e. The first-order chi connectivity index (χ1) is 9.69. The van der Waals surface area contributed by atoms with Crippen molar-refractivity contribution in [3.63, 3.8) is 0 Å². The maximum Gasteiger partial charge on any atom is 0.220 e. The van der Waals surface area contributed by atoms with E-state index in [0.29, 0.717) is 42.6 Å². The fourth-order valence-corrected chi connectivity index (χ4v) is 1.82. The molecule has 2 rings (SSSR count). The molecule has 1 heterocycles. The number of rotatable bonds is 6. The van der Waals surface area contributed by atoms with E-state index in [1.807, 2.05) is 12.1 Å². The highest BCUT2D eigenvalue weighted by Crippen LogP contribution is 2.22. The van der Waals surface area contributed by atoms with Gasteiger partial charge in [-0.3, -0.25) is 4.79 Å². The molecule has 1 aromatic carbocycles. The predicted octanol–water partition coefficient (Wildman–Crippen LogP) is 2.85. The number of amides is 1. The molecule has 0 aliphatic heterocycles. The van der Waals surface area contributed by atoms with Gasteiger partial charge in [-0.2, -0.15) is 0 Å². The van der Waals surface area contributed by atoms with Gasteiger partial charge in [0.15, 0.2) is 11.7 Å². The van der Waals surface area contributed by atoms with E-state index in [1.54, 1.807) is 18.3 Å². The van der Waals surface area contributed by atoms with Crippen molar-refractivity contribution in [2.75, 3.05) is 13.1 Å². The summed E-state index contributed by atoms with van der Waals surface area (Å²) in [6, 6.07) is 7.31. The topological polar surface area (TPSA) is 81.1 Å². The lowest BCUT2D eigenvalue weighted by atomic mass is 10.2. The molecular formula is C14H18Cl3N3O2. The quantitative estimate of drug-likeness (QED) is 0.823. The molecule has 122 valence electrons. The zero-order chi connectivity index (χ0) is 14.4. The smallest absolute Gasteiger partial charge is 0.220 e. The highest BCUT2D eigenvalue weighted by Gasteiger charge is 2.08. The van der Waals surface area contributed by atoms with Gasteiger partial charge in [0.25, 0.3) is 0 Å². The maximum absolute atomic E-state index is 11.4. The van der Waals surface area contributed by atoms with Crippen LogP contribution in [0.3, 0.4) is 0 Å². The van der Waals surface area contributed by atoms with Crippen molar-refractivity contribution in [3.05, 3.63) is 41.4 Å². The van der Waals surface area contributed by atoms with Crippen molar-refractivity contribution < 1.29 is 9.21 Å². The van der Waals surface area contributed by atoms with Gasteiger partial charge >= 0.3 is 0 Å². The first-order valence-corrected chi connectivity index (χ1v) is 6.74. The lowest BCUT2D eigenvalue weighted by Gasteiger charge is -2.01. The van der Waals surface area contributed by atoms with Crippen molar-refractivity contribution in [2.24, 2.45) is 5.73 Å². The first kappa shape index (κ1) is 20.7. The first-order valence-electron chi connectivity index (χ1n) is 6.36. The molecule has 0 aliphatic carbocycles. The maximum atomic E-state index is 11.4. The number of halogens is 3. The molecule has 22 heavy (non-hydrogen) atoms. The van der Waals surface area contributed by atoms with Crippen LogP contribution in [-0.4, -0.2) is 24.0 Å². The molecule has 5 nitrogen and oxygen atoms in total. The number of nitrogens with one attached hydrogen (secondary N) is 1. The van der Waals surface area contributed by atoms with Gasteiger partial charge in [0.1, 0.15) is 0 Å². The summed E-state index contributed by atoms with van der Waals surface area (Å²) >= 11 is 5.83. The monoisotopic (exact) mass is 365 g/mol. The lowest BCUT2D eigenvalue weighted by molar-refractivity contribution is -0.121. The van der Waals surface area contributed by atoms with Crippen LogP contribution in [0.5, 0.6) is 0 Å². The Morgan fingerprint density at radius 2 is 1.95 bits per heavy atom. The second kappa shape index (κ2) is 10.5. The molecule has 0 aliphatic rings. The fraction of sp³-hybridized carbons (Fsp3) is 0.286. The summed E-state index contributed by atoms with van der Waals surface area (Å²) in [7, 11) is 0. The fourth-order valence-electron chi connectivity index (χ4n) is 1.69. The Balaban J connectivity index is 0.00000220. The van der Waals surface area contributed by atoms with Crippen molar-refractivity contribution in [1.82, 2.24) is 10.3 Å². The third kappa shape index (κ3) is 6.23. The van der Waals surface area contributed by atoms with Crippen LogP contribution in [0.25, 0.3) is 11.3 Å². The summed E-state index contributed by atoms with van der Waals surface area (Å²) in [4.78, 5) is 15.6. The van der Waals surface area contributed by atoms with Crippen LogP contribution in [0, 0.1) is 0 Å². The Hall–Kier alpha value is -1.27. The minimum atomic E-state index is -0.0540. The van der Waals surface area contributed by atoms with Gasteiger partial charge < -0.3 is 15.5 Å². The van der Waals surface area contributed by atoms with Crippen molar-refractivity contribution in [1.29, 1.82) is 0 Å². The van der Waals surface area contributed by atoms with E-state index in [9.17, 15) is 4.79 Å². The van der Waals surface area contributed by atoms with E-state index in [2.05, 4.69) is 10.3 Å². The summed E-state index contributed by atoms with van der Waals surface area (Å²) in [5, 5.41) is 3.37. The number of nitrogens with zero attached hydrogens (tertiary/aromatic N) is 1.